The van der Waals surface area contributed by atoms with Gasteiger partial charge in [-0.15, -0.1) is 0 Å². The number of nitrogens with one attached hydrogen (secondary N) is 1. The van der Waals surface area contributed by atoms with Gasteiger partial charge in [0.15, 0.2) is 12.3 Å². The van der Waals surface area contributed by atoms with Gasteiger partial charge in [-0.1, -0.05) is 6.07 Å². The van der Waals surface area contributed by atoms with Crippen LogP contribution in [0.1, 0.15) is 0 Å². The largest absolute Gasteiger partial charge is 0.472 e. The third kappa shape index (κ3) is 3.94. The predicted molar refractivity (Wildman–Crippen MR) is 126 cm³/mol. The maximum atomic E-state index is 13.8. The number of alkyl halides is 2. The molecule has 5 rings (SSSR count). The number of halogens is 2. The molecule has 0 aliphatic rings. The Morgan fingerprint density at radius 1 is 1.09 bits per heavy atom. The number of benzene rings is 1. The minimum absolute atomic E-state index is 0.00489. The van der Waals surface area contributed by atoms with Crippen molar-refractivity contribution in [2.45, 2.75) is 6.43 Å². The second-order valence-corrected chi connectivity index (χ2v) is 7.69. The fraction of sp³-hybridized carbons (Fsp3) is 0.167. The Morgan fingerprint density at radius 2 is 1.94 bits per heavy atom. The number of hydrogen-bond donors (Lipinski definition) is 1. The summed E-state index contributed by atoms with van der Waals surface area (Å²) in [5.74, 6) is 0.637. The fourth-order valence-corrected chi connectivity index (χ4v) is 3.83. The van der Waals surface area contributed by atoms with Gasteiger partial charge in [-0.3, -0.25) is 14.0 Å². The summed E-state index contributed by atoms with van der Waals surface area (Å²) in [7, 11) is 3.58. The lowest BCUT2D eigenvalue weighted by molar-refractivity contribution is 0.0797. The molecular weight excluding hydrogens is 442 g/mol. The lowest BCUT2D eigenvalue weighted by atomic mass is 10.0. The number of nitrogens with zero attached hydrogens (tertiary/aromatic N) is 5. The summed E-state index contributed by atoms with van der Waals surface area (Å²) in [4.78, 5) is 22.4. The first-order valence-electron chi connectivity index (χ1n) is 10.5. The molecule has 0 aliphatic heterocycles. The number of hydrogen-bond acceptors (Lipinski definition) is 6. The first kappa shape index (κ1) is 21.5. The van der Waals surface area contributed by atoms with Gasteiger partial charge in [0.2, 0.25) is 5.88 Å². The molecular formula is C24H20F2N6O2. The number of pyridine rings is 3. The Labute approximate surface area is 192 Å². The highest BCUT2D eigenvalue weighted by Crippen LogP contribution is 2.27. The SMILES string of the molecule is CNc1ccc(-n2c(=O)c(-c3ccc4nn(C)cc4c3)cc3ccc(OCC(F)F)nc32)cn1. The molecule has 1 N–H and O–H groups in total. The highest BCUT2D eigenvalue weighted by molar-refractivity contribution is 5.88. The molecule has 34 heavy (non-hydrogen) atoms. The normalized spacial score (nSPS) is 11.4. The number of aromatic nitrogens is 5. The molecule has 0 bridgehead atoms. The monoisotopic (exact) mass is 462 g/mol. The molecule has 0 radical (unpaired) electrons. The second kappa shape index (κ2) is 8.54. The standard InChI is InChI=1S/C24H20F2N6O2/c1-27-21-7-5-17(11-28-21)32-23-15(4-8-22(29-23)34-13-20(25)26)10-18(24(32)33)14-3-6-19-16(9-14)12-31(2)30-19/h3-12,20H,13H2,1-2H3,(H,27,28). The van der Waals surface area contributed by atoms with E-state index in [1.54, 1.807) is 42.2 Å². The van der Waals surface area contributed by atoms with Crippen LogP contribution >= 0.6 is 0 Å². The van der Waals surface area contributed by atoms with Crippen molar-refractivity contribution in [3.05, 3.63) is 71.3 Å². The average Bonchev–Trinajstić information content (AvgIpc) is 3.21. The molecule has 0 spiro atoms. The summed E-state index contributed by atoms with van der Waals surface area (Å²) in [5, 5.41) is 8.86. The van der Waals surface area contributed by atoms with E-state index in [1.165, 1.54) is 10.6 Å². The molecule has 0 saturated carbocycles. The number of anilines is 1. The number of rotatable bonds is 6. The zero-order chi connectivity index (χ0) is 23.8. The smallest absolute Gasteiger partial charge is 0.272 e. The molecule has 0 aliphatic carbocycles. The van der Waals surface area contributed by atoms with Gasteiger partial charge in [-0.2, -0.15) is 10.1 Å². The van der Waals surface area contributed by atoms with E-state index in [0.29, 0.717) is 22.5 Å². The van der Waals surface area contributed by atoms with Crippen molar-refractivity contribution in [1.82, 2.24) is 24.3 Å². The summed E-state index contributed by atoms with van der Waals surface area (Å²) in [6.07, 6.45) is 0.796. The quantitative estimate of drug-likeness (QED) is 0.410. The van der Waals surface area contributed by atoms with Gasteiger partial charge >= 0.3 is 0 Å². The van der Waals surface area contributed by atoms with E-state index in [0.717, 1.165) is 16.5 Å². The van der Waals surface area contributed by atoms with Crippen LogP contribution in [0.4, 0.5) is 14.6 Å². The van der Waals surface area contributed by atoms with Crippen LogP contribution in [0.15, 0.2) is 65.7 Å². The molecule has 0 atom stereocenters. The summed E-state index contributed by atoms with van der Waals surface area (Å²) in [5.41, 5.74) is 2.44. The van der Waals surface area contributed by atoms with Crippen molar-refractivity contribution in [1.29, 1.82) is 0 Å². The van der Waals surface area contributed by atoms with Gasteiger partial charge in [0, 0.05) is 42.7 Å². The Morgan fingerprint density at radius 3 is 2.68 bits per heavy atom. The zero-order valence-electron chi connectivity index (χ0n) is 18.4. The summed E-state index contributed by atoms with van der Waals surface area (Å²) in [6, 6.07) is 14.0. The molecule has 4 heterocycles. The molecule has 4 aromatic heterocycles. The van der Waals surface area contributed by atoms with Crippen molar-refractivity contribution in [2.75, 3.05) is 19.0 Å². The zero-order valence-corrected chi connectivity index (χ0v) is 18.4. The van der Waals surface area contributed by atoms with E-state index in [2.05, 4.69) is 20.4 Å². The molecule has 5 aromatic rings. The maximum Gasteiger partial charge on any atom is 0.272 e. The summed E-state index contributed by atoms with van der Waals surface area (Å²) in [6.45, 7) is -0.787. The van der Waals surface area contributed by atoms with E-state index in [9.17, 15) is 13.6 Å². The lowest BCUT2D eigenvalue weighted by Gasteiger charge is -2.14. The van der Waals surface area contributed by atoms with Crippen molar-refractivity contribution < 1.29 is 13.5 Å². The third-order valence-corrected chi connectivity index (χ3v) is 5.37. The Bertz CT molecular complexity index is 1560. The van der Waals surface area contributed by atoms with Crippen LogP contribution in [0.25, 0.3) is 38.8 Å². The van der Waals surface area contributed by atoms with Crippen LogP contribution in [-0.4, -0.2) is 44.4 Å². The number of aryl methyl sites for hydroxylation is 1. The van der Waals surface area contributed by atoms with Crippen LogP contribution in [-0.2, 0) is 7.05 Å². The topological polar surface area (TPSA) is 86.9 Å². The highest BCUT2D eigenvalue weighted by Gasteiger charge is 2.16. The Balaban J connectivity index is 1.74. The van der Waals surface area contributed by atoms with E-state index in [-0.39, 0.29) is 17.1 Å². The van der Waals surface area contributed by atoms with E-state index in [1.807, 2.05) is 31.4 Å². The second-order valence-electron chi connectivity index (χ2n) is 7.69. The Kier molecular flexibility index (Phi) is 5.40. The van der Waals surface area contributed by atoms with Crippen molar-refractivity contribution in [3.63, 3.8) is 0 Å². The minimum atomic E-state index is -2.64. The number of fused-ring (bicyclic) bond motifs is 2. The minimum Gasteiger partial charge on any atom is -0.472 e. The molecule has 0 fully saturated rings. The van der Waals surface area contributed by atoms with Gasteiger partial charge in [0.25, 0.3) is 12.0 Å². The number of ether oxygens (including phenoxy) is 1. The van der Waals surface area contributed by atoms with Crippen LogP contribution in [0.5, 0.6) is 5.88 Å². The Hall–Kier alpha value is -4.34. The third-order valence-electron chi connectivity index (χ3n) is 5.37. The summed E-state index contributed by atoms with van der Waals surface area (Å²) >= 11 is 0. The van der Waals surface area contributed by atoms with Crippen LogP contribution in [0, 0.1) is 0 Å². The molecule has 0 saturated heterocycles. The molecule has 0 unspecified atom stereocenters. The molecule has 10 heteroatoms. The van der Waals surface area contributed by atoms with Crippen molar-refractivity contribution in [3.8, 4) is 22.7 Å². The van der Waals surface area contributed by atoms with Crippen molar-refractivity contribution in [2.24, 2.45) is 7.05 Å². The van der Waals surface area contributed by atoms with Crippen molar-refractivity contribution >= 4 is 27.8 Å². The van der Waals surface area contributed by atoms with Gasteiger partial charge in [-0.25, -0.2) is 13.8 Å². The predicted octanol–water partition coefficient (Wildman–Crippen LogP) is 4.02. The molecule has 8 nitrogen and oxygen atoms in total. The van der Waals surface area contributed by atoms with Gasteiger partial charge in [0.05, 0.1) is 17.4 Å². The maximum absolute atomic E-state index is 13.8. The molecule has 1 aromatic carbocycles. The highest BCUT2D eigenvalue weighted by atomic mass is 19.3. The first-order chi connectivity index (χ1) is 16.4. The molecule has 0 amide bonds. The summed E-state index contributed by atoms with van der Waals surface area (Å²) < 4.78 is 33.5. The fourth-order valence-electron chi connectivity index (χ4n) is 3.83. The van der Waals surface area contributed by atoms with Crippen LogP contribution < -0.4 is 15.6 Å². The van der Waals surface area contributed by atoms with Crippen LogP contribution in [0.3, 0.4) is 0 Å². The lowest BCUT2D eigenvalue weighted by Crippen LogP contribution is -2.22. The average molecular weight is 462 g/mol. The van der Waals surface area contributed by atoms with E-state index >= 15 is 0 Å². The first-order valence-corrected chi connectivity index (χ1v) is 10.5. The van der Waals surface area contributed by atoms with E-state index in [4.69, 9.17) is 4.74 Å². The molecule has 172 valence electrons. The van der Waals surface area contributed by atoms with E-state index < -0.39 is 13.0 Å². The van der Waals surface area contributed by atoms with Crippen LogP contribution in [0.2, 0.25) is 0 Å². The van der Waals surface area contributed by atoms with Gasteiger partial charge in [0.1, 0.15) is 5.82 Å². The van der Waals surface area contributed by atoms with Gasteiger partial charge < -0.3 is 10.1 Å². The van der Waals surface area contributed by atoms with Gasteiger partial charge in [-0.05, 0) is 42.0 Å².